The van der Waals surface area contributed by atoms with Crippen LogP contribution in [0.2, 0.25) is 0 Å². The fourth-order valence-electron chi connectivity index (χ4n) is 2.03. The Balaban J connectivity index is 2.51. The van der Waals surface area contributed by atoms with Crippen LogP contribution in [-0.2, 0) is 4.74 Å². The summed E-state index contributed by atoms with van der Waals surface area (Å²) in [6.07, 6.45) is -3.45. The molecule has 1 aromatic heterocycles. The molecule has 1 fully saturated rings. The number of aromatic amines is 1. The van der Waals surface area contributed by atoms with Crippen LogP contribution in [-0.4, -0.2) is 49.3 Å². The Bertz CT molecular complexity index is 594. The fraction of sp³-hybridized carbons (Fsp3) is 0.600. The molecule has 19 heavy (non-hydrogen) atoms. The second-order valence-electron chi connectivity index (χ2n) is 4.52. The van der Waals surface area contributed by atoms with Crippen molar-refractivity contribution < 1.29 is 24.4 Å². The Morgan fingerprint density at radius 2 is 2.21 bits per heavy atom. The highest BCUT2D eigenvalue weighted by molar-refractivity contribution is 5.01. The first kappa shape index (κ1) is 13.9. The average molecular weight is 276 g/mol. The molecule has 2 rings (SSSR count). The number of aromatic nitrogens is 2. The fourth-order valence-corrected chi connectivity index (χ4v) is 2.03. The van der Waals surface area contributed by atoms with Gasteiger partial charge in [0.2, 0.25) is 5.82 Å². The Labute approximate surface area is 105 Å². The lowest BCUT2D eigenvalue weighted by molar-refractivity contribution is -0.0991. The van der Waals surface area contributed by atoms with E-state index in [4.69, 9.17) is 9.84 Å². The number of H-pyrrole nitrogens is 1. The number of hydrogen-bond donors (Lipinski definition) is 4. The monoisotopic (exact) mass is 276 g/mol. The summed E-state index contributed by atoms with van der Waals surface area (Å²) in [5, 5.41) is 28.8. The van der Waals surface area contributed by atoms with E-state index >= 15 is 0 Å². The summed E-state index contributed by atoms with van der Waals surface area (Å²) in [5.74, 6) is -1.24. The number of ether oxygens (including phenoxy) is 1. The van der Waals surface area contributed by atoms with Gasteiger partial charge in [0.05, 0.1) is 12.8 Å². The van der Waals surface area contributed by atoms with Crippen molar-refractivity contribution in [1.29, 1.82) is 0 Å². The number of nitrogens with zero attached hydrogens (tertiary/aromatic N) is 1. The highest BCUT2D eigenvalue weighted by Crippen LogP contribution is 2.37. The van der Waals surface area contributed by atoms with Crippen LogP contribution in [0.4, 0.5) is 4.39 Å². The maximum atomic E-state index is 13.2. The zero-order chi connectivity index (χ0) is 14.4. The normalized spacial score (nSPS) is 34.7. The molecule has 4 atom stereocenters. The van der Waals surface area contributed by atoms with Crippen molar-refractivity contribution in [3.05, 3.63) is 32.9 Å². The third-order valence-corrected chi connectivity index (χ3v) is 3.11. The predicted molar refractivity (Wildman–Crippen MR) is 58.9 cm³/mol. The number of halogens is 1. The molecule has 8 nitrogen and oxygen atoms in total. The van der Waals surface area contributed by atoms with E-state index in [1.54, 1.807) is 4.98 Å². The van der Waals surface area contributed by atoms with E-state index < -0.39 is 47.7 Å². The SMILES string of the molecule is C[C@@]1(O)[C@@H](O)[C@@H](CO)O[C@H]1n1cc(F)c(=O)[nH]c1=O. The smallest absolute Gasteiger partial charge is 0.330 e. The van der Waals surface area contributed by atoms with E-state index in [0.29, 0.717) is 10.8 Å². The first-order chi connectivity index (χ1) is 8.78. The largest absolute Gasteiger partial charge is 0.394 e. The summed E-state index contributed by atoms with van der Waals surface area (Å²) in [6.45, 7) is 0.585. The van der Waals surface area contributed by atoms with Gasteiger partial charge < -0.3 is 20.1 Å². The summed E-state index contributed by atoms with van der Waals surface area (Å²) in [4.78, 5) is 24.2. The topological polar surface area (TPSA) is 125 Å². The van der Waals surface area contributed by atoms with Crippen LogP contribution >= 0.6 is 0 Å². The lowest BCUT2D eigenvalue weighted by Gasteiger charge is -2.27. The molecule has 0 radical (unpaired) electrons. The van der Waals surface area contributed by atoms with E-state index in [-0.39, 0.29) is 0 Å². The molecule has 106 valence electrons. The third-order valence-electron chi connectivity index (χ3n) is 3.11. The van der Waals surface area contributed by atoms with Gasteiger partial charge in [0.25, 0.3) is 5.56 Å². The minimum atomic E-state index is -1.93. The first-order valence-corrected chi connectivity index (χ1v) is 5.46. The van der Waals surface area contributed by atoms with Gasteiger partial charge in [-0.05, 0) is 6.92 Å². The van der Waals surface area contributed by atoms with Crippen molar-refractivity contribution in [3.8, 4) is 0 Å². The van der Waals surface area contributed by atoms with Gasteiger partial charge in [-0.3, -0.25) is 14.3 Å². The highest BCUT2D eigenvalue weighted by Gasteiger charge is 2.53. The summed E-state index contributed by atoms with van der Waals surface area (Å²) < 4.78 is 18.9. The molecule has 4 N–H and O–H groups in total. The van der Waals surface area contributed by atoms with Gasteiger partial charge in [-0.15, -0.1) is 0 Å². The molecule has 9 heteroatoms. The van der Waals surface area contributed by atoms with E-state index in [2.05, 4.69) is 0 Å². The van der Waals surface area contributed by atoms with Crippen LogP contribution in [0.3, 0.4) is 0 Å². The Hall–Kier alpha value is -1.55. The Morgan fingerprint density at radius 1 is 1.58 bits per heavy atom. The number of rotatable bonds is 2. The summed E-state index contributed by atoms with van der Waals surface area (Å²) in [7, 11) is 0. The van der Waals surface area contributed by atoms with Crippen molar-refractivity contribution in [2.24, 2.45) is 0 Å². The molecule has 1 saturated heterocycles. The molecule has 1 aliphatic rings. The molecular formula is C10H13FN2O6. The van der Waals surface area contributed by atoms with Gasteiger partial charge in [0, 0.05) is 0 Å². The van der Waals surface area contributed by atoms with Gasteiger partial charge in [0.1, 0.15) is 17.8 Å². The minimum Gasteiger partial charge on any atom is -0.394 e. The van der Waals surface area contributed by atoms with Crippen LogP contribution < -0.4 is 11.2 Å². The molecule has 1 aromatic rings. The van der Waals surface area contributed by atoms with Gasteiger partial charge >= 0.3 is 5.69 Å². The van der Waals surface area contributed by atoms with E-state index in [9.17, 15) is 24.2 Å². The number of aliphatic hydroxyl groups excluding tert-OH is 2. The number of hydrogen-bond acceptors (Lipinski definition) is 6. The standard InChI is InChI=1S/C10H13FN2O6/c1-10(18)6(15)5(3-14)19-8(10)13-2-4(11)7(16)12-9(13)17/h2,5-6,8,14-15,18H,3H2,1H3,(H,12,16,17)/t5-,6+,8-,10-/m1/s1. The number of nitrogens with one attached hydrogen (secondary N) is 1. The second-order valence-corrected chi connectivity index (χ2v) is 4.52. The quantitative estimate of drug-likeness (QED) is 0.480. The van der Waals surface area contributed by atoms with E-state index in [1.165, 1.54) is 6.92 Å². The van der Waals surface area contributed by atoms with Crippen LogP contribution in [0.25, 0.3) is 0 Å². The zero-order valence-electron chi connectivity index (χ0n) is 9.91. The first-order valence-electron chi connectivity index (χ1n) is 5.46. The maximum absolute atomic E-state index is 13.2. The van der Waals surface area contributed by atoms with Crippen molar-refractivity contribution in [3.63, 3.8) is 0 Å². The molecule has 1 aliphatic heterocycles. The molecule has 0 amide bonds. The molecule has 0 spiro atoms. The Morgan fingerprint density at radius 3 is 2.74 bits per heavy atom. The lowest BCUT2D eigenvalue weighted by atomic mass is 9.96. The zero-order valence-corrected chi connectivity index (χ0v) is 9.91. The van der Waals surface area contributed by atoms with Crippen LogP contribution in [0.15, 0.2) is 15.8 Å². The van der Waals surface area contributed by atoms with Gasteiger partial charge in [-0.25, -0.2) is 4.79 Å². The van der Waals surface area contributed by atoms with Gasteiger partial charge in [-0.1, -0.05) is 0 Å². The third kappa shape index (κ3) is 2.10. The van der Waals surface area contributed by atoms with Crippen molar-refractivity contribution in [2.75, 3.05) is 6.61 Å². The van der Waals surface area contributed by atoms with E-state index in [1.807, 2.05) is 0 Å². The van der Waals surface area contributed by atoms with Crippen molar-refractivity contribution in [1.82, 2.24) is 9.55 Å². The average Bonchev–Trinajstić information content (AvgIpc) is 2.56. The Kier molecular flexibility index (Phi) is 3.31. The molecule has 0 unspecified atom stereocenters. The molecule has 2 heterocycles. The van der Waals surface area contributed by atoms with Crippen LogP contribution in [0.5, 0.6) is 0 Å². The molecule has 0 bridgehead atoms. The summed E-state index contributed by atoms with van der Waals surface area (Å²) in [6, 6.07) is 0. The minimum absolute atomic E-state index is 0.576. The van der Waals surface area contributed by atoms with E-state index in [0.717, 1.165) is 0 Å². The number of aliphatic hydroxyl groups is 3. The maximum Gasteiger partial charge on any atom is 0.330 e. The lowest BCUT2D eigenvalue weighted by Crippen LogP contribution is -2.47. The highest BCUT2D eigenvalue weighted by atomic mass is 19.1. The van der Waals surface area contributed by atoms with Crippen LogP contribution in [0.1, 0.15) is 13.2 Å². The summed E-state index contributed by atoms with van der Waals surface area (Å²) in [5.41, 5.74) is -4.12. The molecular weight excluding hydrogens is 263 g/mol. The van der Waals surface area contributed by atoms with Crippen LogP contribution in [0, 0.1) is 5.82 Å². The molecule has 0 saturated carbocycles. The predicted octanol–water partition coefficient (Wildman–Crippen LogP) is -2.32. The second kappa shape index (κ2) is 4.53. The van der Waals surface area contributed by atoms with Gasteiger partial charge in [-0.2, -0.15) is 4.39 Å². The summed E-state index contributed by atoms with van der Waals surface area (Å²) >= 11 is 0. The van der Waals surface area contributed by atoms with Crippen molar-refractivity contribution >= 4 is 0 Å². The van der Waals surface area contributed by atoms with Crippen molar-refractivity contribution in [2.45, 2.75) is 31.0 Å². The molecule has 0 aliphatic carbocycles. The van der Waals surface area contributed by atoms with Gasteiger partial charge in [0.15, 0.2) is 6.23 Å². The molecule has 0 aromatic carbocycles.